The zero-order valence-corrected chi connectivity index (χ0v) is 11.7. The Labute approximate surface area is 112 Å². The lowest BCUT2D eigenvalue weighted by atomic mass is 10.1. The number of hydrogen-bond acceptors (Lipinski definition) is 1. The zero-order valence-electron chi connectivity index (χ0n) is 10.2. The molecule has 0 aliphatic rings. The zero-order chi connectivity index (χ0) is 13.0. The molecular formula is C14H15Cl2N. The maximum absolute atomic E-state index is 6.11. The van der Waals surface area contributed by atoms with Crippen molar-refractivity contribution in [3.8, 4) is 0 Å². The Balaban J connectivity index is 3.28. The minimum absolute atomic E-state index is 0.473. The van der Waals surface area contributed by atoms with E-state index in [0.29, 0.717) is 10.2 Å². The lowest BCUT2D eigenvalue weighted by Crippen LogP contribution is -1.90. The Bertz CT molecular complexity index is 475. The normalized spacial score (nSPS) is 11.2. The molecule has 17 heavy (non-hydrogen) atoms. The first-order chi connectivity index (χ1) is 7.93. The van der Waals surface area contributed by atoms with Gasteiger partial charge in [-0.3, -0.25) is 0 Å². The first-order valence-electron chi connectivity index (χ1n) is 5.25. The van der Waals surface area contributed by atoms with Gasteiger partial charge in [0, 0.05) is 10.6 Å². The number of aryl methyl sites for hydroxylation is 1. The van der Waals surface area contributed by atoms with Gasteiger partial charge < -0.3 is 0 Å². The molecule has 0 saturated carbocycles. The molecule has 0 atom stereocenters. The van der Waals surface area contributed by atoms with Crippen LogP contribution in [-0.4, -0.2) is 4.98 Å². The third kappa shape index (κ3) is 4.03. The molecule has 0 amide bonds. The van der Waals surface area contributed by atoms with Crippen molar-refractivity contribution < 1.29 is 0 Å². The molecule has 1 heterocycles. The van der Waals surface area contributed by atoms with E-state index in [4.69, 9.17) is 23.2 Å². The van der Waals surface area contributed by atoms with E-state index < -0.39 is 0 Å². The van der Waals surface area contributed by atoms with E-state index in [2.05, 4.69) is 11.6 Å². The van der Waals surface area contributed by atoms with Gasteiger partial charge in [0.05, 0.1) is 5.69 Å². The Morgan fingerprint density at radius 2 is 2.00 bits per heavy atom. The minimum Gasteiger partial charge on any atom is -0.236 e. The van der Waals surface area contributed by atoms with Crippen molar-refractivity contribution in [3.05, 3.63) is 57.9 Å². The Hall–Kier alpha value is -1.05. The molecule has 0 fully saturated rings. The predicted molar refractivity (Wildman–Crippen MR) is 76.4 cm³/mol. The highest BCUT2D eigenvalue weighted by atomic mass is 35.5. The van der Waals surface area contributed by atoms with Gasteiger partial charge in [0.1, 0.15) is 5.15 Å². The van der Waals surface area contributed by atoms with Gasteiger partial charge in [0.25, 0.3) is 0 Å². The first kappa shape index (κ1) is 14.0. The molecule has 0 radical (unpaired) electrons. The van der Waals surface area contributed by atoms with Gasteiger partial charge in [-0.15, -0.1) is 0 Å². The fourth-order valence-corrected chi connectivity index (χ4v) is 1.67. The maximum Gasteiger partial charge on any atom is 0.130 e. The van der Waals surface area contributed by atoms with Crippen LogP contribution in [-0.2, 0) is 0 Å². The molecular weight excluding hydrogens is 253 g/mol. The van der Waals surface area contributed by atoms with E-state index in [0.717, 1.165) is 22.4 Å². The van der Waals surface area contributed by atoms with Crippen molar-refractivity contribution in [2.45, 2.75) is 20.8 Å². The summed E-state index contributed by atoms with van der Waals surface area (Å²) in [5, 5.41) is 1.17. The first-order valence-corrected chi connectivity index (χ1v) is 6.01. The standard InChI is InChI=1S/C14H15Cl2N/c1-5-11(8-12(15)9(2)3)13-6-10(4)7-14(16)17-13/h5-8H,1H2,2-4H3/b11-8+. The Morgan fingerprint density at radius 1 is 1.35 bits per heavy atom. The van der Waals surface area contributed by atoms with E-state index in [9.17, 15) is 0 Å². The molecule has 0 aliphatic heterocycles. The van der Waals surface area contributed by atoms with Crippen LogP contribution < -0.4 is 0 Å². The van der Waals surface area contributed by atoms with Crippen LogP contribution in [0.25, 0.3) is 5.57 Å². The summed E-state index contributed by atoms with van der Waals surface area (Å²) in [6.07, 6.45) is 3.57. The van der Waals surface area contributed by atoms with Gasteiger partial charge in [-0.2, -0.15) is 0 Å². The third-order valence-electron chi connectivity index (χ3n) is 2.21. The van der Waals surface area contributed by atoms with Gasteiger partial charge >= 0.3 is 0 Å². The minimum atomic E-state index is 0.473. The summed E-state index contributed by atoms with van der Waals surface area (Å²) in [7, 11) is 0. The van der Waals surface area contributed by atoms with E-state index in [1.54, 1.807) is 6.08 Å². The van der Waals surface area contributed by atoms with Crippen molar-refractivity contribution in [1.29, 1.82) is 0 Å². The molecule has 0 aromatic carbocycles. The third-order valence-corrected chi connectivity index (χ3v) is 2.89. The summed E-state index contributed by atoms with van der Waals surface area (Å²) >= 11 is 12.0. The van der Waals surface area contributed by atoms with Crippen LogP contribution in [0.2, 0.25) is 5.15 Å². The molecule has 90 valence electrons. The highest BCUT2D eigenvalue weighted by molar-refractivity contribution is 6.32. The highest BCUT2D eigenvalue weighted by Gasteiger charge is 2.03. The predicted octanol–water partition coefficient (Wildman–Crippen LogP) is 5.15. The highest BCUT2D eigenvalue weighted by Crippen LogP contribution is 2.22. The maximum atomic E-state index is 6.11. The van der Waals surface area contributed by atoms with E-state index in [1.807, 2.05) is 39.0 Å². The molecule has 0 bridgehead atoms. The van der Waals surface area contributed by atoms with Crippen LogP contribution in [0.3, 0.4) is 0 Å². The summed E-state index contributed by atoms with van der Waals surface area (Å²) in [5.41, 5.74) is 3.75. The second kappa shape index (κ2) is 6.04. The number of pyridine rings is 1. The van der Waals surface area contributed by atoms with Gasteiger partial charge in [0.2, 0.25) is 0 Å². The summed E-state index contributed by atoms with van der Waals surface area (Å²) in [6, 6.07) is 3.77. The van der Waals surface area contributed by atoms with Crippen LogP contribution in [0.4, 0.5) is 0 Å². The van der Waals surface area contributed by atoms with Gasteiger partial charge in [-0.1, -0.05) is 41.4 Å². The molecule has 0 unspecified atom stereocenters. The molecule has 1 aromatic rings. The summed E-state index contributed by atoms with van der Waals surface area (Å²) in [5.74, 6) is 0. The number of hydrogen-bond donors (Lipinski definition) is 0. The van der Waals surface area contributed by atoms with Gasteiger partial charge in [-0.05, 0) is 44.5 Å². The average Bonchev–Trinajstić information content (AvgIpc) is 2.23. The van der Waals surface area contributed by atoms with Crippen LogP contribution in [0, 0.1) is 6.92 Å². The molecule has 1 rings (SSSR count). The van der Waals surface area contributed by atoms with Crippen molar-refractivity contribution in [1.82, 2.24) is 4.98 Å². The van der Waals surface area contributed by atoms with Crippen molar-refractivity contribution >= 4 is 28.8 Å². The average molecular weight is 268 g/mol. The molecule has 0 spiro atoms. The SMILES string of the molecule is C=C/C(=C\C(Cl)=C(C)C)c1cc(C)cc(Cl)n1. The molecule has 0 aliphatic carbocycles. The molecule has 0 N–H and O–H groups in total. The molecule has 3 heteroatoms. The van der Waals surface area contributed by atoms with Crippen molar-refractivity contribution in [2.24, 2.45) is 0 Å². The lowest BCUT2D eigenvalue weighted by molar-refractivity contribution is 1.24. The second-order valence-electron chi connectivity index (χ2n) is 4.00. The van der Waals surface area contributed by atoms with Crippen LogP contribution in [0.15, 0.2) is 41.5 Å². The van der Waals surface area contributed by atoms with E-state index >= 15 is 0 Å². The molecule has 1 nitrogen and oxygen atoms in total. The number of rotatable bonds is 3. The van der Waals surface area contributed by atoms with Gasteiger partial charge in [0.15, 0.2) is 0 Å². The number of nitrogens with zero attached hydrogens (tertiary/aromatic N) is 1. The van der Waals surface area contributed by atoms with Crippen LogP contribution >= 0.6 is 23.2 Å². The van der Waals surface area contributed by atoms with Crippen molar-refractivity contribution in [2.75, 3.05) is 0 Å². The van der Waals surface area contributed by atoms with Crippen LogP contribution in [0.5, 0.6) is 0 Å². The fraction of sp³-hybridized carbons (Fsp3) is 0.214. The fourth-order valence-electron chi connectivity index (χ4n) is 1.29. The Morgan fingerprint density at radius 3 is 2.47 bits per heavy atom. The largest absolute Gasteiger partial charge is 0.236 e. The smallest absolute Gasteiger partial charge is 0.130 e. The monoisotopic (exact) mass is 267 g/mol. The molecule has 0 saturated heterocycles. The van der Waals surface area contributed by atoms with E-state index in [1.165, 1.54) is 0 Å². The number of allylic oxidation sites excluding steroid dienone is 5. The van der Waals surface area contributed by atoms with Crippen LogP contribution in [0.1, 0.15) is 25.1 Å². The van der Waals surface area contributed by atoms with E-state index in [-0.39, 0.29) is 0 Å². The summed E-state index contributed by atoms with van der Waals surface area (Å²) < 4.78 is 0. The quantitative estimate of drug-likeness (QED) is 0.546. The lowest BCUT2D eigenvalue weighted by Gasteiger charge is -2.04. The summed E-state index contributed by atoms with van der Waals surface area (Å²) in [6.45, 7) is 9.66. The van der Waals surface area contributed by atoms with Gasteiger partial charge in [-0.25, -0.2) is 4.98 Å². The topological polar surface area (TPSA) is 12.9 Å². The summed E-state index contributed by atoms with van der Waals surface area (Å²) in [4.78, 5) is 4.26. The number of aromatic nitrogens is 1. The second-order valence-corrected chi connectivity index (χ2v) is 4.80. The van der Waals surface area contributed by atoms with Crippen molar-refractivity contribution in [3.63, 3.8) is 0 Å². The molecule has 1 aromatic heterocycles. The number of halogens is 2. The Kier molecular flexibility index (Phi) is 4.98.